The number of nitrogens with zero attached hydrogens (tertiary/aromatic N) is 1. The van der Waals surface area contributed by atoms with Gasteiger partial charge in [-0.1, -0.05) is 41.5 Å². The van der Waals surface area contributed by atoms with Crippen LogP contribution in [0.2, 0.25) is 0 Å². The molecule has 0 spiro atoms. The van der Waals surface area contributed by atoms with Crippen molar-refractivity contribution < 1.29 is 4.79 Å². The Labute approximate surface area is 98.8 Å². The van der Waals surface area contributed by atoms with E-state index in [1.54, 1.807) is 13.1 Å². The first-order chi connectivity index (χ1) is 7.65. The summed E-state index contributed by atoms with van der Waals surface area (Å²) in [4.78, 5) is 11.1. The van der Waals surface area contributed by atoms with Crippen LogP contribution in [0.3, 0.4) is 0 Å². The van der Waals surface area contributed by atoms with Gasteiger partial charge in [0.15, 0.2) is 0 Å². The summed E-state index contributed by atoms with van der Waals surface area (Å²) in [6.45, 7) is 12.1. The maximum absolute atomic E-state index is 11.1. The third-order valence-electron chi connectivity index (χ3n) is 1.68. The summed E-state index contributed by atoms with van der Waals surface area (Å²) in [7, 11) is 1.59. The lowest BCUT2D eigenvalue weighted by molar-refractivity contribution is 0.0958. The van der Waals surface area contributed by atoms with E-state index in [-0.39, 0.29) is 5.91 Å². The molecule has 0 saturated heterocycles. The van der Waals surface area contributed by atoms with Gasteiger partial charge in [0.25, 0.3) is 5.91 Å². The molecule has 94 valence electrons. The lowest BCUT2D eigenvalue weighted by atomic mass is 10.1. The fraction of sp³-hybridized carbons (Fsp3) is 0.667. The number of aromatic nitrogens is 2. The van der Waals surface area contributed by atoms with Crippen molar-refractivity contribution in [2.45, 2.75) is 47.5 Å². The van der Waals surface area contributed by atoms with Crippen LogP contribution in [0.1, 0.15) is 63.6 Å². The smallest absolute Gasteiger partial charge is 0.271 e. The SMILES string of the molecule is CC.CC.CNC(=O)c1cc(C(C)C)[nH]n1. The van der Waals surface area contributed by atoms with E-state index in [9.17, 15) is 4.79 Å². The van der Waals surface area contributed by atoms with Crippen LogP contribution in [0.4, 0.5) is 0 Å². The van der Waals surface area contributed by atoms with E-state index in [0.29, 0.717) is 11.6 Å². The van der Waals surface area contributed by atoms with E-state index in [1.807, 2.05) is 41.5 Å². The van der Waals surface area contributed by atoms with E-state index < -0.39 is 0 Å². The summed E-state index contributed by atoms with van der Waals surface area (Å²) >= 11 is 0. The number of rotatable bonds is 2. The van der Waals surface area contributed by atoms with Crippen LogP contribution >= 0.6 is 0 Å². The van der Waals surface area contributed by atoms with E-state index >= 15 is 0 Å². The van der Waals surface area contributed by atoms with Crippen molar-refractivity contribution in [1.82, 2.24) is 15.5 Å². The topological polar surface area (TPSA) is 57.8 Å². The average molecular weight is 227 g/mol. The van der Waals surface area contributed by atoms with Gasteiger partial charge in [0.1, 0.15) is 5.69 Å². The second-order valence-corrected chi connectivity index (χ2v) is 2.94. The Bertz CT molecular complexity index is 280. The molecule has 0 bridgehead atoms. The van der Waals surface area contributed by atoms with E-state index in [2.05, 4.69) is 15.5 Å². The van der Waals surface area contributed by atoms with Gasteiger partial charge in [0, 0.05) is 12.7 Å². The van der Waals surface area contributed by atoms with Crippen LogP contribution in [0.25, 0.3) is 0 Å². The van der Waals surface area contributed by atoms with Crippen molar-refractivity contribution in [2.24, 2.45) is 0 Å². The van der Waals surface area contributed by atoms with Gasteiger partial charge in [-0.25, -0.2) is 0 Å². The molecule has 16 heavy (non-hydrogen) atoms. The number of nitrogens with one attached hydrogen (secondary N) is 2. The van der Waals surface area contributed by atoms with Crippen molar-refractivity contribution in [3.63, 3.8) is 0 Å². The Morgan fingerprint density at radius 2 is 1.81 bits per heavy atom. The second-order valence-electron chi connectivity index (χ2n) is 2.94. The van der Waals surface area contributed by atoms with Crippen LogP contribution < -0.4 is 5.32 Å². The van der Waals surface area contributed by atoms with Crippen molar-refractivity contribution in [3.8, 4) is 0 Å². The first-order valence-corrected chi connectivity index (χ1v) is 5.92. The molecule has 0 atom stereocenters. The van der Waals surface area contributed by atoms with Crippen molar-refractivity contribution >= 4 is 5.91 Å². The first kappa shape index (κ1) is 17.1. The predicted octanol–water partition coefficient (Wildman–Crippen LogP) is 2.95. The summed E-state index contributed by atoms with van der Waals surface area (Å²) in [6.07, 6.45) is 0. The molecular weight excluding hydrogens is 202 g/mol. The molecule has 0 radical (unpaired) electrons. The minimum atomic E-state index is -0.154. The highest BCUT2D eigenvalue weighted by molar-refractivity contribution is 5.92. The minimum Gasteiger partial charge on any atom is -0.354 e. The van der Waals surface area contributed by atoms with Gasteiger partial charge in [-0.05, 0) is 12.0 Å². The number of amides is 1. The lowest BCUT2D eigenvalue weighted by Crippen LogP contribution is -2.17. The summed E-state index contributed by atoms with van der Waals surface area (Å²) < 4.78 is 0. The molecule has 0 unspecified atom stereocenters. The van der Waals surface area contributed by atoms with Gasteiger partial charge in [-0.15, -0.1) is 0 Å². The van der Waals surface area contributed by atoms with Gasteiger partial charge in [-0.3, -0.25) is 9.89 Å². The van der Waals surface area contributed by atoms with Crippen molar-refractivity contribution in [1.29, 1.82) is 0 Å². The Morgan fingerprint density at radius 3 is 2.12 bits per heavy atom. The molecular formula is C12H25N3O. The van der Waals surface area contributed by atoms with Crippen LogP contribution in [0, 0.1) is 0 Å². The summed E-state index contributed by atoms with van der Waals surface area (Å²) in [6, 6.07) is 1.77. The fourth-order valence-electron chi connectivity index (χ4n) is 0.877. The maximum atomic E-state index is 11.1. The van der Waals surface area contributed by atoms with Gasteiger partial charge in [0.05, 0.1) is 0 Å². The fourth-order valence-corrected chi connectivity index (χ4v) is 0.877. The third-order valence-corrected chi connectivity index (χ3v) is 1.68. The lowest BCUT2D eigenvalue weighted by Gasteiger charge is -1.96. The standard InChI is InChI=1S/C8H13N3O.2C2H6/c1-5(2)6-4-7(11-10-6)8(12)9-3;2*1-2/h4-5H,1-3H3,(H,9,12)(H,10,11);2*1-2H3. The van der Waals surface area contributed by atoms with E-state index in [0.717, 1.165) is 5.69 Å². The zero-order valence-corrected chi connectivity index (χ0v) is 11.5. The largest absolute Gasteiger partial charge is 0.354 e. The van der Waals surface area contributed by atoms with Crippen molar-refractivity contribution in [3.05, 3.63) is 17.5 Å². The number of hydrogen-bond donors (Lipinski definition) is 2. The Kier molecular flexibility index (Phi) is 10.9. The average Bonchev–Trinajstić information content (AvgIpc) is 2.83. The molecule has 0 aliphatic carbocycles. The van der Waals surface area contributed by atoms with Crippen LogP contribution in [-0.4, -0.2) is 23.2 Å². The molecule has 1 amide bonds. The Balaban J connectivity index is 0. The molecule has 1 heterocycles. The normalized spacial score (nSPS) is 8.50. The van der Waals surface area contributed by atoms with Crippen molar-refractivity contribution in [2.75, 3.05) is 7.05 Å². The van der Waals surface area contributed by atoms with Gasteiger partial charge in [-0.2, -0.15) is 5.10 Å². The Hall–Kier alpha value is -1.32. The molecule has 0 saturated carbocycles. The summed E-state index contributed by atoms with van der Waals surface area (Å²) in [5.41, 5.74) is 1.43. The number of H-pyrrole nitrogens is 1. The molecule has 0 aliphatic rings. The number of carbonyl (C=O) groups excluding carboxylic acids is 1. The van der Waals surface area contributed by atoms with Crippen LogP contribution in [0.5, 0.6) is 0 Å². The van der Waals surface area contributed by atoms with Gasteiger partial charge in [0.2, 0.25) is 0 Å². The monoisotopic (exact) mass is 227 g/mol. The molecule has 0 fully saturated rings. The summed E-state index contributed by atoms with van der Waals surface area (Å²) in [5.74, 6) is 0.217. The highest BCUT2D eigenvalue weighted by atomic mass is 16.1. The predicted molar refractivity (Wildman–Crippen MR) is 68.8 cm³/mol. The molecule has 2 N–H and O–H groups in total. The molecule has 4 heteroatoms. The summed E-state index contributed by atoms with van der Waals surface area (Å²) in [5, 5.41) is 9.19. The van der Waals surface area contributed by atoms with E-state index in [4.69, 9.17) is 0 Å². The highest BCUT2D eigenvalue weighted by Gasteiger charge is 2.09. The van der Waals surface area contributed by atoms with Crippen LogP contribution in [0.15, 0.2) is 6.07 Å². The first-order valence-electron chi connectivity index (χ1n) is 5.92. The van der Waals surface area contributed by atoms with Crippen LogP contribution in [-0.2, 0) is 0 Å². The molecule has 1 aromatic rings. The highest BCUT2D eigenvalue weighted by Crippen LogP contribution is 2.11. The molecule has 1 aromatic heterocycles. The third kappa shape index (κ3) is 5.53. The van der Waals surface area contributed by atoms with E-state index in [1.165, 1.54) is 0 Å². The number of aromatic amines is 1. The molecule has 4 nitrogen and oxygen atoms in total. The number of hydrogen-bond acceptors (Lipinski definition) is 2. The molecule has 1 rings (SSSR count). The zero-order valence-electron chi connectivity index (χ0n) is 11.5. The minimum absolute atomic E-state index is 0.154. The zero-order chi connectivity index (χ0) is 13.1. The Morgan fingerprint density at radius 1 is 1.31 bits per heavy atom. The quantitative estimate of drug-likeness (QED) is 0.816. The molecule has 0 aliphatic heterocycles. The number of carbonyl (C=O) groups is 1. The maximum Gasteiger partial charge on any atom is 0.271 e. The second kappa shape index (κ2) is 10.2. The molecule has 0 aromatic carbocycles. The van der Waals surface area contributed by atoms with Gasteiger partial charge < -0.3 is 5.32 Å². The van der Waals surface area contributed by atoms with Gasteiger partial charge >= 0.3 is 0 Å².